The highest BCUT2D eigenvalue weighted by molar-refractivity contribution is 5.76. The molecule has 0 radical (unpaired) electrons. The fraction of sp³-hybridized carbons (Fsp3) is 0.267. The van der Waals surface area contributed by atoms with E-state index in [1.54, 1.807) is 37.6 Å². The molecule has 0 saturated heterocycles. The van der Waals surface area contributed by atoms with Crippen LogP contribution in [0.25, 0.3) is 0 Å². The highest BCUT2D eigenvalue weighted by Crippen LogP contribution is 2.11. The van der Waals surface area contributed by atoms with E-state index in [0.717, 1.165) is 5.76 Å². The van der Waals surface area contributed by atoms with Gasteiger partial charge in [0.15, 0.2) is 0 Å². The maximum absolute atomic E-state index is 13.5. The Bertz CT molecular complexity index is 537. The van der Waals surface area contributed by atoms with Crippen molar-refractivity contribution >= 4 is 5.91 Å². The van der Waals surface area contributed by atoms with Crippen LogP contribution in [0.2, 0.25) is 0 Å². The van der Waals surface area contributed by atoms with Gasteiger partial charge in [0.2, 0.25) is 5.91 Å². The van der Waals surface area contributed by atoms with E-state index in [4.69, 9.17) is 4.42 Å². The second kappa shape index (κ2) is 6.18. The van der Waals surface area contributed by atoms with Gasteiger partial charge in [0, 0.05) is 32.0 Å². The van der Waals surface area contributed by atoms with Crippen LogP contribution in [-0.2, 0) is 17.8 Å². The quantitative estimate of drug-likeness (QED) is 0.829. The Morgan fingerprint density at radius 3 is 2.74 bits per heavy atom. The van der Waals surface area contributed by atoms with Gasteiger partial charge in [-0.15, -0.1) is 0 Å². The first-order valence-electron chi connectivity index (χ1n) is 6.16. The smallest absolute Gasteiger partial charge is 0.223 e. The van der Waals surface area contributed by atoms with Crippen molar-refractivity contribution < 1.29 is 13.6 Å². The van der Waals surface area contributed by atoms with E-state index in [2.05, 4.69) is 0 Å². The van der Waals surface area contributed by atoms with E-state index in [9.17, 15) is 9.18 Å². The van der Waals surface area contributed by atoms with Crippen LogP contribution in [0.3, 0.4) is 0 Å². The largest absolute Gasteiger partial charge is 0.469 e. The van der Waals surface area contributed by atoms with Crippen molar-refractivity contribution in [1.29, 1.82) is 0 Å². The summed E-state index contributed by atoms with van der Waals surface area (Å²) in [7, 11) is 1.68. The lowest BCUT2D eigenvalue weighted by atomic mass is 10.2. The van der Waals surface area contributed by atoms with Gasteiger partial charge in [-0.2, -0.15) is 0 Å². The molecule has 3 nitrogen and oxygen atoms in total. The average molecular weight is 261 g/mol. The molecular weight excluding hydrogens is 245 g/mol. The van der Waals surface area contributed by atoms with Crippen LogP contribution < -0.4 is 0 Å². The van der Waals surface area contributed by atoms with Crippen molar-refractivity contribution in [2.45, 2.75) is 19.4 Å². The number of amides is 1. The van der Waals surface area contributed by atoms with Gasteiger partial charge < -0.3 is 9.32 Å². The fourth-order valence-electron chi connectivity index (χ4n) is 1.85. The van der Waals surface area contributed by atoms with Crippen LogP contribution >= 0.6 is 0 Å². The second-order valence-electron chi connectivity index (χ2n) is 4.42. The van der Waals surface area contributed by atoms with E-state index in [-0.39, 0.29) is 18.3 Å². The zero-order chi connectivity index (χ0) is 13.7. The zero-order valence-corrected chi connectivity index (χ0v) is 10.8. The lowest BCUT2D eigenvalue weighted by Gasteiger charge is -2.17. The molecule has 2 aromatic rings. The van der Waals surface area contributed by atoms with Gasteiger partial charge in [-0.25, -0.2) is 4.39 Å². The summed E-state index contributed by atoms with van der Waals surface area (Å²) >= 11 is 0. The molecule has 0 spiro atoms. The molecule has 0 unspecified atom stereocenters. The zero-order valence-electron chi connectivity index (χ0n) is 10.8. The molecule has 0 fully saturated rings. The molecule has 19 heavy (non-hydrogen) atoms. The number of nitrogens with zero attached hydrogens (tertiary/aromatic N) is 1. The van der Waals surface area contributed by atoms with E-state index < -0.39 is 0 Å². The van der Waals surface area contributed by atoms with Gasteiger partial charge >= 0.3 is 0 Å². The Morgan fingerprint density at radius 1 is 1.26 bits per heavy atom. The number of hydrogen-bond acceptors (Lipinski definition) is 2. The van der Waals surface area contributed by atoms with E-state index in [1.165, 1.54) is 11.0 Å². The Morgan fingerprint density at radius 2 is 2.05 bits per heavy atom. The SMILES string of the molecule is CN(Cc1ccccc1F)C(=O)CCc1ccco1. The lowest BCUT2D eigenvalue weighted by molar-refractivity contribution is -0.130. The van der Waals surface area contributed by atoms with E-state index in [1.807, 2.05) is 6.07 Å². The van der Waals surface area contributed by atoms with Crippen LogP contribution in [0, 0.1) is 5.82 Å². The van der Waals surface area contributed by atoms with Gasteiger partial charge in [-0.1, -0.05) is 18.2 Å². The first kappa shape index (κ1) is 13.3. The lowest BCUT2D eigenvalue weighted by Crippen LogP contribution is -2.26. The first-order valence-corrected chi connectivity index (χ1v) is 6.16. The van der Waals surface area contributed by atoms with Crippen molar-refractivity contribution in [3.05, 3.63) is 59.8 Å². The van der Waals surface area contributed by atoms with Crippen molar-refractivity contribution in [3.8, 4) is 0 Å². The number of carbonyl (C=O) groups excluding carboxylic acids is 1. The van der Waals surface area contributed by atoms with Crippen molar-refractivity contribution in [2.24, 2.45) is 0 Å². The molecule has 1 aromatic heterocycles. The normalized spacial score (nSPS) is 10.4. The Kier molecular flexibility index (Phi) is 4.34. The minimum atomic E-state index is -0.284. The summed E-state index contributed by atoms with van der Waals surface area (Å²) in [5.74, 6) is 0.473. The van der Waals surface area contributed by atoms with Crippen molar-refractivity contribution in [3.63, 3.8) is 0 Å². The average Bonchev–Trinajstić information content (AvgIpc) is 2.91. The van der Waals surface area contributed by atoms with Crippen molar-refractivity contribution in [2.75, 3.05) is 7.05 Å². The third kappa shape index (κ3) is 3.68. The Labute approximate surface area is 111 Å². The highest BCUT2D eigenvalue weighted by atomic mass is 19.1. The van der Waals surface area contributed by atoms with Crippen LogP contribution in [0.1, 0.15) is 17.7 Å². The summed E-state index contributed by atoms with van der Waals surface area (Å²) in [6, 6.07) is 10.1. The van der Waals surface area contributed by atoms with Crippen LogP contribution in [0.4, 0.5) is 4.39 Å². The fourth-order valence-corrected chi connectivity index (χ4v) is 1.85. The monoisotopic (exact) mass is 261 g/mol. The third-order valence-electron chi connectivity index (χ3n) is 2.96. The molecule has 0 aliphatic carbocycles. The first-order chi connectivity index (χ1) is 9.16. The van der Waals surface area contributed by atoms with Gasteiger partial charge in [0.25, 0.3) is 0 Å². The second-order valence-corrected chi connectivity index (χ2v) is 4.42. The summed E-state index contributed by atoms with van der Waals surface area (Å²) < 4.78 is 18.6. The number of carbonyl (C=O) groups is 1. The molecule has 0 N–H and O–H groups in total. The predicted molar refractivity (Wildman–Crippen MR) is 69.9 cm³/mol. The van der Waals surface area contributed by atoms with Crippen molar-refractivity contribution in [1.82, 2.24) is 4.90 Å². The van der Waals surface area contributed by atoms with Gasteiger partial charge in [0.1, 0.15) is 11.6 Å². The van der Waals surface area contributed by atoms with E-state index >= 15 is 0 Å². The summed E-state index contributed by atoms with van der Waals surface area (Å²) in [6.07, 6.45) is 2.51. The Hall–Kier alpha value is -2.10. The molecule has 100 valence electrons. The maximum atomic E-state index is 13.5. The number of rotatable bonds is 5. The maximum Gasteiger partial charge on any atom is 0.223 e. The summed E-state index contributed by atoms with van der Waals surface area (Å²) in [5.41, 5.74) is 0.524. The minimum absolute atomic E-state index is 0.0281. The molecule has 0 aliphatic rings. The Balaban J connectivity index is 1.87. The van der Waals surface area contributed by atoms with Crippen LogP contribution in [-0.4, -0.2) is 17.9 Å². The molecule has 0 aliphatic heterocycles. The molecular formula is C15H16FNO2. The molecule has 2 rings (SSSR count). The summed E-state index contributed by atoms with van der Waals surface area (Å²) in [6.45, 7) is 0.281. The molecule has 4 heteroatoms. The van der Waals surface area contributed by atoms with E-state index in [0.29, 0.717) is 18.4 Å². The molecule has 1 aromatic carbocycles. The number of halogens is 1. The van der Waals surface area contributed by atoms with Crippen LogP contribution in [0.5, 0.6) is 0 Å². The van der Waals surface area contributed by atoms with Gasteiger partial charge in [-0.05, 0) is 18.2 Å². The third-order valence-corrected chi connectivity index (χ3v) is 2.96. The topological polar surface area (TPSA) is 33.5 Å². The molecule has 1 amide bonds. The highest BCUT2D eigenvalue weighted by Gasteiger charge is 2.12. The molecule has 1 heterocycles. The molecule has 0 bridgehead atoms. The molecule has 0 atom stereocenters. The van der Waals surface area contributed by atoms with Crippen LogP contribution in [0.15, 0.2) is 47.1 Å². The number of hydrogen-bond donors (Lipinski definition) is 0. The summed E-state index contributed by atoms with van der Waals surface area (Å²) in [4.78, 5) is 13.4. The standard InChI is InChI=1S/C15H16FNO2/c1-17(11-12-5-2-3-7-14(12)16)15(18)9-8-13-6-4-10-19-13/h2-7,10H,8-9,11H2,1H3. The minimum Gasteiger partial charge on any atom is -0.469 e. The van der Waals surface area contributed by atoms with Gasteiger partial charge in [0.05, 0.1) is 6.26 Å². The predicted octanol–water partition coefficient (Wildman–Crippen LogP) is 3.01. The van der Waals surface area contributed by atoms with Gasteiger partial charge in [-0.3, -0.25) is 4.79 Å². The number of aryl methyl sites for hydroxylation is 1. The summed E-state index contributed by atoms with van der Waals surface area (Å²) in [5, 5.41) is 0. The number of furan rings is 1. The molecule has 0 saturated carbocycles. The number of benzene rings is 1.